The zero-order chi connectivity index (χ0) is 16.9. The van der Waals surface area contributed by atoms with E-state index >= 15 is 0 Å². The first-order chi connectivity index (χ1) is 11.5. The van der Waals surface area contributed by atoms with E-state index in [0.717, 1.165) is 24.2 Å². The third-order valence-corrected chi connectivity index (χ3v) is 8.39. The molecular weight excluding hydrogens is 300 g/mol. The second-order valence-corrected chi connectivity index (χ2v) is 9.31. The molecule has 0 spiro atoms. The minimum absolute atomic E-state index is 0.197. The lowest BCUT2D eigenvalue weighted by atomic mass is 9.47. The van der Waals surface area contributed by atoms with Gasteiger partial charge >= 0.3 is 0 Å². The fourth-order valence-electron chi connectivity index (χ4n) is 7.09. The van der Waals surface area contributed by atoms with Crippen LogP contribution in [0.5, 0.6) is 0 Å². The van der Waals surface area contributed by atoms with Gasteiger partial charge in [0.05, 0.1) is 12.2 Å². The molecule has 3 nitrogen and oxygen atoms in total. The Bertz CT molecular complexity index is 515. The van der Waals surface area contributed by atoms with Crippen LogP contribution < -0.4 is 0 Å². The van der Waals surface area contributed by atoms with Gasteiger partial charge in [-0.15, -0.1) is 0 Å². The molecule has 0 saturated heterocycles. The third-order valence-electron chi connectivity index (χ3n) is 8.39. The molecule has 3 saturated carbocycles. The monoisotopic (exact) mass is 334 g/mol. The van der Waals surface area contributed by atoms with Crippen LogP contribution in [-0.2, 0) is 9.47 Å². The van der Waals surface area contributed by atoms with Gasteiger partial charge in [0.25, 0.3) is 0 Å². The standard InChI is InChI=1S/C21H34O3/c1-20-10-8-15(22)12-14(20)4-5-16-17-6-7-19(24-13-23-3)21(17,2)11-9-18(16)20/h12,15-19,22H,4-11,13H2,1-3H3/t15?,16-,17-,18+,19?,20-,21-/m0/s1. The summed E-state index contributed by atoms with van der Waals surface area (Å²) in [5, 5.41) is 10.1. The summed E-state index contributed by atoms with van der Waals surface area (Å²) in [5.74, 6) is 2.46. The molecule has 0 aromatic rings. The lowest BCUT2D eigenvalue weighted by molar-refractivity contribution is -0.138. The van der Waals surface area contributed by atoms with Crippen molar-refractivity contribution < 1.29 is 14.6 Å². The number of aliphatic hydroxyl groups excluding tert-OH is 1. The van der Waals surface area contributed by atoms with Gasteiger partial charge in [0.1, 0.15) is 6.79 Å². The van der Waals surface area contributed by atoms with Crippen molar-refractivity contribution in [1.29, 1.82) is 0 Å². The van der Waals surface area contributed by atoms with Crippen molar-refractivity contribution in [3.8, 4) is 0 Å². The molecule has 1 N–H and O–H groups in total. The zero-order valence-corrected chi connectivity index (χ0v) is 15.6. The molecule has 4 rings (SSSR count). The van der Waals surface area contributed by atoms with Crippen LogP contribution >= 0.6 is 0 Å². The topological polar surface area (TPSA) is 38.7 Å². The molecule has 4 aliphatic carbocycles. The smallest absolute Gasteiger partial charge is 0.146 e. The summed E-state index contributed by atoms with van der Waals surface area (Å²) in [5.41, 5.74) is 2.25. The Labute approximate surface area is 146 Å². The van der Waals surface area contributed by atoms with Gasteiger partial charge in [-0.25, -0.2) is 0 Å². The molecule has 4 aliphatic rings. The molecule has 2 unspecified atom stereocenters. The predicted octanol–water partition coefficient (Wildman–Crippen LogP) is 4.30. The average Bonchev–Trinajstić information content (AvgIpc) is 2.90. The summed E-state index contributed by atoms with van der Waals surface area (Å²) in [7, 11) is 1.72. The normalized spacial score (nSPS) is 50.7. The van der Waals surface area contributed by atoms with Gasteiger partial charge in [0, 0.05) is 7.11 Å². The minimum Gasteiger partial charge on any atom is -0.389 e. The first-order valence-corrected chi connectivity index (χ1v) is 9.99. The number of aliphatic hydroxyl groups is 1. The maximum atomic E-state index is 10.1. The highest BCUT2D eigenvalue weighted by molar-refractivity contribution is 5.25. The van der Waals surface area contributed by atoms with E-state index in [1.165, 1.54) is 44.9 Å². The molecule has 0 heterocycles. The molecule has 0 radical (unpaired) electrons. The zero-order valence-electron chi connectivity index (χ0n) is 15.6. The van der Waals surface area contributed by atoms with E-state index in [9.17, 15) is 5.11 Å². The summed E-state index contributed by atoms with van der Waals surface area (Å²) in [6, 6.07) is 0. The van der Waals surface area contributed by atoms with Crippen LogP contribution in [0.25, 0.3) is 0 Å². The van der Waals surface area contributed by atoms with Crippen LogP contribution in [0, 0.1) is 28.6 Å². The van der Waals surface area contributed by atoms with E-state index in [-0.39, 0.29) is 6.10 Å². The van der Waals surface area contributed by atoms with Gasteiger partial charge in [-0.2, -0.15) is 0 Å². The first-order valence-electron chi connectivity index (χ1n) is 9.99. The molecule has 7 atom stereocenters. The average molecular weight is 335 g/mol. The fourth-order valence-corrected chi connectivity index (χ4v) is 7.09. The molecule has 0 amide bonds. The summed E-state index contributed by atoms with van der Waals surface area (Å²) >= 11 is 0. The van der Waals surface area contributed by atoms with E-state index in [0.29, 0.717) is 23.7 Å². The van der Waals surface area contributed by atoms with Gasteiger partial charge in [-0.1, -0.05) is 25.5 Å². The molecule has 0 aromatic carbocycles. The van der Waals surface area contributed by atoms with E-state index in [2.05, 4.69) is 19.9 Å². The van der Waals surface area contributed by atoms with Crippen molar-refractivity contribution in [3.63, 3.8) is 0 Å². The Balaban J connectivity index is 1.58. The van der Waals surface area contributed by atoms with Gasteiger partial charge in [-0.05, 0) is 80.0 Å². The Morgan fingerprint density at radius 3 is 2.71 bits per heavy atom. The second kappa shape index (κ2) is 6.10. The predicted molar refractivity (Wildman–Crippen MR) is 94.5 cm³/mol. The summed E-state index contributed by atoms with van der Waals surface area (Å²) in [6.07, 6.45) is 12.2. The molecule has 0 aromatic heterocycles. The van der Waals surface area contributed by atoms with Gasteiger partial charge < -0.3 is 14.6 Å². The Morgan fingerprint density at radius 1 is 1.08 bits per heavy atom. The lowest BCUT2D eigenvalue weighted by Crippen LogP contribution is -2.51. The maximum absolute atomic E-state index is 10.1. The van der Waals surface area contributed by atoms with Crippen LogP contribution in [0.3, 0.4) is 0 Å². The quantitative estimate of drug-likeness (QED) is 0.618. The maximum Gasteiger partial charge on any atom is 0.146 e. The van der Waals surface area contributed by atoms with Gasteiger partial charge in [0.15, 0.2) is 0 Å². The van der Waals surface area contributed by atoms with Crippen molar-refractivity contribution in [2.24, 2.45) is 28.6 Å². The largest absolute Gasteiger partial charge is 0.389 e. The van der Waals surface area contributed by atoms with Crippen molar-refractivity contribution in [2.75, 3.05) is 13.9 Å². The summed E-state index contributed by atoms with van der Waals surface area (Å²) in [4.78, 5) is 0. The Kier molecular flexibility index (Phi) is 4.34. The Morgan fingerprint density at radius 2 is 1.92 bits per heavy atom. The number of fused-ring (bicyclic) bond motifs is 5. The number of allylic oxidation sites excluding steroid dienone is 1. The second-order valence-electron chi connectivity index (χ2n) is 9.31. The summed E-state index contributed by atoms with van der Waals surface area (Å²) < 4.78 is 11.3. The molecule has 0 bridgehead atoms. The van der Waals surface area contributed by atoms with E-state index in [4.69, 9.17) is 9.47 Å². The van der Waals surface area contributed by atoms with E-state index < -0.39 is 0 Å². The first kappa shape index (κ1) is 17.1. The van der Waals surface area contributed by atoms with Crippen LogP contribution in [0.2, 0.25) is 0 Å². The van der Waals surface area contributed by atoms with Gasteiger partial charge in [-0.3, -0.25) is 0 Å². The number of rotatable bonds is 3. The number of hydrogen-bond donors (Lipinski definition) is 1. The van der Waals surface area contributed by atoms with Gasteiger partial charge in [0.2, 0.25) is 0 Å². The highest BCUT2D eigenvalue weighted by atomic mass is 16.7. The number of hydrogen-bond acceptors (Lipinski definition) is 3. The van der Waals surface area contributed by atoms with Crippen molar-refractivity contribution in [1.82, 2.24) is 0 Å². The SMILES string of the molecule is COCOC1CC[C@H]2[C@@H]3CCC4=CC(O)CC[C@]4(C)[C@@H]3CC[C@]12C. The molecule has 24 heavy (non-hydrogen) atoms. The van der Waals surface area contributed by atoms with Crippen LogP contribution in [-0.4, -0.2) is 31.2 Å². The molecule has 0 aliphatic heterocycles. The van der Waals surface area contributed by atoms with Crippen LogP contribution in [0.4, 0.5) is 0 Å². The number of methoxy groups -OCH3 is 1. The van der Waals surface area contributed by atoms with Crippen molar-refractivity contribution >= 4 is 0 Å². The molecule has 3 heteroatoms. The molecule has 136 valence electrons. The van der Waals surface area contributed by atoms with Crippen molar-refractivity contribution in [3.05, 3.63) is 11.6 Å². The fraction of sp³-hybridized carbons (Fsp3) is 0.905. The molecular formula is C21H34O3. The van der Waals surface area contributed by atoms with Crippen molar-refractivity contribution in [2.45, 2.75) is 77.4 Å². The highest BCUT2D eigenvalue weighted by Gasteiger charge is 2.59. The number of ether oxygens (including phenoxy) is 2. The third kappa shape index (κ3) is 2.42. The minimum atomic E-state index is -0.197. The molecule has 3 fully saturated rings. The van der Waals surface area contributed by atoms with Crippen LogP contribution in [0.15, 0.2) is 11.6 Å². The highest BCUT2D eigenvalue weighted by Crippen LogP contribution is 2.65. The lowest BCUT2D eigenvalue weighted by Gasteiger charge is -2.58. The van der Waals surface area contributed by atoms with E-state index in [1.807, 2.05) is 0 Å². The Hall–Kier alpha value is -0.380. The summed E-state index contributed by atoms with van der Waals surface area (Å²) in [6.45, 7) is 5.42. The van der Waals surface area contributed by atoms with Crippen LogP contribution in [0.1, 0.15) is 65.2 Å². The van der Waals surface area contributed by atoms with E-state index in [1.54, 1.807) is 12.7 Å².